The molecule has 30 heavy (non-hydrogen) atoms. The zero-order valence-electron chi connectivity index (χ0n) is 17.0. The van der Waals surface area contributed by atoms with E-state index in [2.05, 4.69) is 25.0 Å². The molecule has 1 saturated heterocycles. The summed E-state index contributed by atoms with van der Waals surface area (Å²) in [6.07, 6.45) is 2.22. The lowest BCUT2D eigenvalue weighted by Crippen LogP contribution is -2.38. The Morgan fingerprint density at radius 1 is 1.33 bits per heavy atom. The molecule has 0 atom stereocenters. The number of nitrogens with zero attached hydrogens (tertiary/aromatic N) is 4. The van der Waals surface area contributed by atoms with E-state index in [0.29, 0.717) is 35.7 Å². The number of ether oxygens (including phenoxy) is 2. The standard InChI is InChI=1S/C19H25N5O4S2/c1-3-28-17(26)16-12(2)10-15(30-16)20-14(25)11-29-19-22-21-18(24(19)13-4-5-13)23-6-8-27-9-7-23/h10,13H,3-9,11H2,1-2H3,(H,20,25). The number of thioether (sulfide) groups is 1. The smallest absolute Gasteiger partial charge is 0.348 e. The van der Waals surface area contributed by atoms with Gasteiger partial charge in [0, 0.05) is 19.1 Å². The number of carbonyl (C=O) groups is 2. The van der Waals surface area contributed by atoms with Crippen LogP contribution in [0.1, 0.15) is 41.0 Å². The van der Waals surface area contributed by atoms with Crippen LogP contribution in [0.3, 0.4) is 0 Å². The minimum Gasteiger partial charge on any atom is -0.462 e. The Bertz CT molecular complexity index is 918. The minimum absolute atomic E-state index is 0.144. The van der Waals surface area contributed by atoms with Crippen molar-refractivity contribution >= 4 is 45.9 Å². The van der Waals surface area contributed by atoms with Crippen LogP contribution < -0.4 is 10.2 Å². The zero-order valence-corrected chi connectivity index (χ0v) is 18.7. The summed E-state index contributed by atoms with van der Waals surface area (Å²) in [7, 11) is 0. The highest BCUT2D eigenvalue weighted by Gasteiger charge is 2.32. The van der Waals surface area contributed by atoms with Crippen LogP contribution in [-0.2, 0) is 14.3 Å². The van der Waals surface area contributed by atoms with Crippen molar-refractivity contribution in [2.75, 3.05) is 48.9 Å². The average Bonchev–Trinajstić information content (AvgIpc) is 3.38. The van der Waals surface area contributed by atoms with E-state index in [0.717, 1.165) is 42.6 Å². The molecule has 1 aliphatic carbocycles. The molecule has 0 spiro atoms. The maximum Gasteiger partial charge on any atom is 0.348 e. The van der Waals surface area contributed by atoms with Gasteiger partial charge in [-0.05, 0) is 38.3 Å². The van der Waals surface area contributed by atoms with Crippen molar-refractivity contribution in [2.45, 2.75) is 37.9 Å². The average molecular weight is 452 g/mol. The fourth-order valence-corrected chi connectivity index (χ4v) is 5.03. The highest BCUT2D eigenvalue weighted by atomic mass is 32.2. The number of rotatable bonds is 8. The molecule has 1 saturated carbocycles. The third-order valence-corrected chi connectivity index (χ3v) is 6.90. The number of morpholine rings is 1. The zero-order chi connectivity index (χ0) is 21.1. The molecule has 0 aromatic carbocycles. The Kier molecular flexibility index (Phi) is 6.59. The van der Waals surface area contributed by atoms with Crippen LogP contribution in [0.5, 0.6) is 0 Å². The van der Waals surface area contributed by atoms with Crippen molar-refractivity contribution in [1.82, 2.24) is 14.8 Å². The molecule has 3 heterocycles. The number of anilines is 2. The summed E-state index contributed by atoms with van der Waals surface area (Å²) < 4.78 is 12.6. The maximum atomic E-state index is 12.5. The number of thiophene rings is 1. The van der Waals surface area contributed by atoms with Crippen molar-refractivity contribution in [1.29, 1.82) is 0 Å². The number of esters is 1. The van der Waals surface area contributed by atoms with Gasteiger partial charge >= 0.3 is 5.97 Å². The molecule has 1 N–H and O–H groups in total. The van der Waals surface area contributed by atoms with Gasteiger partial charge in [-0.25, -0.2) is 4.79 Å². The Balaban J connectivity index is 1.38. The topological polar surface area (TPSA) is 98.6 Å². The summed E-state index contributed by atoms with van der Waals surface area (Å²) in [4.78, 5) is 27.2. The Morgan fingerprint density at radius 2 is 2.10 bits per heavy atom. The van der Waals surface area contributed by atoms with Crippen LogP contribution in [0.2, 0.25) is 0 Å². The fraction of sp³-hybridized carbons (Fsp3) is 0.579. The molecule has 1 aliphatic heterocycles. The number of hydrogen-bond donors (Lipinski definition) is 1. The predicted molar refractivity (Wildman–Crippen MR) is 116 cm³/mol. The third kappa shape index (κ3) is 4.79. The summed E-state index contributed by atoms with van der Waals surface area (Å²) in [5, 5.41) is 13.0. The molecule has 9 nitrogen and oxygen atoms in total. The number of carbonyl (C=O) groups excluding carboxylic acids is 2. The number of hydrogen-bond acceptors (Lipinski definition) is 9. The first-order valence-electron chi connectivity index (χ1n) is 10.0. The summed E-state index contributed by atoms with van der Waals surface area (Å²) in [6, 6.07) is 2.21. The lowest BCUT2D eigenvalue weighted by molar-refractivity contribution is -0.113. The second kappa shape index (κ2) is 9.36. The van der Waals surface area contributed by atoms with Gasteiger partial charge in [-0.1, -0.05) is 11.8 Å². The number of aryl methyl sites for hydroxylation is 1. The molecule has 11 heteroatoms. The van der Waals surface area contributed by atoms with Gasteiger partial charge in [0.25, 0.3) is 0 Å². The monoisotopic (exact) mass is 451 g/mol. The van der Waals surface area contributed by atoms with E-state index in [1.165, 1.54) is 23.1 Å². The van der Waals surface area contributed by atoms with Crippen molar-refractivity contribution in [2.24, 2.45) is 0 Å². The first-order chi connectivity index (χ1) is 14.6. The summed E-state index contributed by atoms with van der Waals surface area (Å²) in [5.74, 6) is 0.592. The lowest BCUT2D eigenvalue weighted by Gasteiger charge is -2.27. The molecule has 0 bridgehead atoms. The van der Waals surface area contributed by atoms with Crippen LogP contribution in [0.4, 0.5) is 10.9 Å². The van der Waals surface area contributed by atoms with Crippen molar-refractivity contribution in [3.05, 3.63) is 16.5 Å². The predicted octanol–water partition coefficient (Wildman–Crippen LogP) is 2.73. The number of amides is 1. The molecule has 0 unspecified atom stereocenters. The normalized spacial score (nSPS) is 16.5. The van der Waals surface area contributed by atoms with Crippen molar-refractivity contribution in [3.63, 3.8) is 0 Å². The Labute approximate surface area is 183 Å². The molecule has 0 radical (unpaired) electrons. The van der Waals surface area contributed by atoms with Gasteiger partial charge in [-0.3, -0.25) is 9.36 Å². The molecular weight excluding hydrogens is 426 g/mol. The molecule has 2 aliphatic rings. The number of nitrogens with one attached hydrogen (secondary N) is 1. The van der Waals surface area contributed by atoms with E-state index in [4.69, 9.17) is 9.47 Å². The van der Waals surface area contributed by atoms with E-state index in [9.17, 15) is 9.59 Å². The van der Waals surface area contributed by atoms with Crippen LogP contribution in [-0.4, -0.2) is 65.3 Å². The summed E-state index contributed by atoms with van der Waals surface area (Å²) in [6.45, 7) is 6.91. The molecule has 2 fully saturated rings. The van der Waals surface area contributed by atoms with Gasteiger partial charge in [0.15, 0.2) is 5.16 Å². The van der Waals surface area contributed by atoms with Crippen LogP contribution in [0.25, 0.3) is 0 Å². The Hall–Kier alpha value is -2.11. The molecule has 2 aromatic heterocycles. The highest BCUT2D eigenvalue weighted by molar-refractivity contribution is 7.99. The first kappa shape index (κ1) is 21.1. The Morgan fingerprint density at radius 3 is 2.80 bits per heavy atom. The van der Waals surface area contributed by atoms with Gasteiger partial charge in [-0.2, -0.15) is 0 Å². The van der Waals surface area contributed by atoms with Gasteiger partial charge in [-0.15, -0.1) is 21.5 Å². The lowest BCUT2D eigenvalue weighted by atomic mass is 10.3. The quantitative estimate of drug-likeness (QED) is 0.483. The van der Waals surface area contributed by atoms with E-state index < -0.39 is 0 Å². The van der Waals surface area contributed by atoms with Gasteiger partial charge in [0.2, 0.25) is 11.9 Å². The summed E-state index contributed by atoms with van der Waals surface area (Å²) >= 11 is 2.62. The SMILES string of the molecule is CCOC(=O)c1sc(NC(=O)CSc2nnc(N3CCOCC3)n2C2CC2)cc1C. The number of aromatic nitrogens is 3. The van der Waals surface area contributed by atoms with E-state index in [-0.39, 0.29) is 17.6 Å². The third-order valence-electron chi connectivity index (χ3n) is 4.83. The van der Waals surface area contributed by atoms with Crippen molar-refractivity contribution < 1.29 is 19.1 Å². The van der Waals surface area contributed by atoms with Gasteiger partial charge in [0.05, 0.1) is 30.6 Å². The maximum absolute atomic E-state index is 12.5. The second-order valence-electron chi connectivity index (χ2n) is 7.16. The van der Waals surface area contributed by atoms with E-state index in [1.54, 1.807) is 13.0 Å². The van der Waals surface area contributed by atoms with E-state index >= 15 is 0 Å². The van der Waals surface area contributed by atoms with Crippen LogP contribution >= 0.6 is 23.1 Å². The fourth-order valence-electron chi connectivity index (χ4n) is 3.25. The largest absolute Gasteiger partial charge is 0.462 e. The highest BCUT2D eigenvalue weighted by Crippen LogP contribution is 2.41. The van der Waals surface area contributed by atoms with E-state index in [1.807, 2.05) is 6.92 Å². The van der Waals surface area contributed by atoms with Gasteiger partial charge in [0.1, 0.15) is 4.88 Å². The molecule has 4 rings (SSSR count). The van der Waals surface area contributed by atoms with Gasteiger partial charge < -0.3 is 19.7 Å². The molecule has 2 aromatic rings. The molecular formula is C19H25N5O4S2. The minimum atomic E-state index is -0.358. The van der Waals surface area contributed by atoms with Crippen LogP contribution in [0.15, 0.2) is 11.2 Å². The van der Waals surface area contributed by atoms with Crippen LogP contribution in [0, 0.1) is 6.92 Å². The molecule has 162 valence electrons. The molecule has 1 amide bonds. The van der Waals surface area contributed by atoms with Crippen molar-refractivity contribution in [3.8, 4) is 0 Å². The second-order valence-corrected chi connectivity index (χ2v) is 9.16. The summed E-state index contributed by atoms with van der Waals surface area (Å²) in [5.41, 5.74) is 0.796. The first-order valence-corrected chi connectivity index (χ1v) is 11.8.